The van der Waals surface area contributed by atoms with Gasteiger partial charge in [0.2, 0.25) is 5.91 Å². The fourth-order valence-corrected chi connectivity index (χ4v) is 1.90. The first kappa shape index (κ1) is 18.0. The molecule has 0 aliphatic heterocycles. The Morgan fingerprint density at radius 2 is 1.86 bits per heavy atom. The van der Waals surface area contributed by atoms with Gasteiger partial charge in [-0.2, -0.15) is 0 Å². The molecule has 0 unspecified atom stereocenters. The standard InChI is InChI=1S/C17H26N2O3/c1-5-6-11-22-15-9-7-14(8-10-15)17(21)19(4)12-16(20)18-13(2)3/h7-10,13H,5-6,11-12H2,1-4H3,(H,18,20). The lowest BCUT2D eigenvalue weighted by atomic mass is 10.2. The maximum absolute atomic E-state index is 12.2. The second-order valence-corrected chi connectivity index (χ2v) is 5.61. The van der Waals surface area contributed by atoms with Crippen LogP contribution in [-0.2, 0) is 4.79 Å². The second kappa shape index (κ2) is 9.07. The molecule has 0 saturated heterocycles. The number of amides is 2. The normalized spacial score (nSPS) is 10.4. The van der Waals surface area contributed by atoms with Crippen molar-refractivity contribution in [3.05, 3.63) is 29.8 Å². The Morgan fingerprint density at radius 3 is 2.41 bits per heavy atom. The molecule has 0 bridgehead atoms. The van der Waals surface area contributed by atoms with Gasteiger partial charge in [0, 0.05) is 18.7 Å². The Morgan fingerprint density at radius 1 is 1.23 bits per heavy atom. The van der Waals surface area contributed by atoms with Crippen molar-refractivity contribution in [2.75, 3.05) is 20.2 Å². The molecule has 0 aromatic heterocycles. The van der Waals surface area contributed by atoms with Gasteiger partial charge in [0.05, 0.1) is 13.2 Å². The third-order valence-corrected chi connectivity index (χ3v) is 3.05. The van der Waals surface area contributed by atoms with Crippen LogP contribution in [-0.4, -0.2) is 43.0 Å². The van der Waals surface area contributed by atoms with Crippen molar-refractivity contribution in [2.45, 2.75) is 39.7 Å². The summed E-state index contributed by atoms with van der Waals surface area (Å²) in [5.41, 5.74) is 0.544. The first-order valence-corrected chi connectivity index (χ1v) is 7.71. The zero-order chi connectivity index (χ0) is 16.5. The number of benzene rings is 1. The van der Waals surface area contributed by atoms with E-state index in [1.54, 1.807) is 31.3 Å². The van der Waals surface area contributed by atoms with Gasteiger partial charge in [0.25, 0.3) is 5.91 Å². The van der Waals surface area contributed by atoms with Crippen LogP contribution in [0, 0.1) is 0 Å². The van der Waals surface area contributed by atoms with Gasteiger partial charge in [-0.3, -0.25) is 9.59 Å². The number of unbranched alkanes of at least 4 members (excludes halogenated alkanes) is 1. The molecule has 0 atom stereocenters. The quantitative estimate of drug-likeness (QED) is 0.751. The van der Waals surface area contributed by atoms with E-state index < -0.39 is 0 Å². The Balaban J connectivity index is 2.55. The van der Waals surface area contributed by atoms with Crippen LogP contribution in [0.5, 0.6) is 5.75 Å². The Labute approximate surface area is 132 Å². The molecule has 122 valence electrons. The maximum Gasteiger partial charge on any atom is 0.254 e. The number of carbonyl (C=O) groups excluding carboxylic acids is 2. The van der Waals surface area contributed by atoms with Crippen LogP contribution in [0.15, 0.2) is 24.3 Å². The molecule has 1 aromatic rings. The van der Waals surface area contributed by atoms with E-state index in [1.165, 1.54) is 4.90 Å². The Hall–Kier alpha value is -2.04. The summed E-state index contributed by atoms with van der Waals surface area (Å²) in [6, 6.07) is 7.08. The zero-order valence-electron chi connectivity index (χ0n) is 13.9. The Bertz CT molecular complexity index is 483. The lowest BCUT2D eigenvalue weighted by molar-refractivity contribution is -0.122. The first-order chi connectivity index (χ1) is 10.4. The molecule has 0 fully saturated rings. The van der Waals surface area contributed by atoms with Gasteiger partial charge in [-0.25, -0.2) is 0 Å². The largest absolute Gasteiger partial charge is 0.494 e. The fourth-order valence-electron chi connectivity index (χ4n) is 1.90. The molecule has 1 rings (SSSR count). The minimum absolute atomic E-state index is 0.0474. The number of nitrogens with one attached hydrogen (secondary N) is 1. The number of carbonyl (C=O) groups is 2. The summed E-state index contributed by atoms with van der Waals surface area (Å²) in [7, 11) is 1.62. The van der Waals surface area contributed by atoms with Crippen LogP contribution in [0.4, 0.5) is 0 Å². The number of hydrogen-bond acceptors (Lipinski definition) is 3. The van der Waals surface area contributed by atoms with Gasteiger partial charge in [0.1, 0.15) is 5.75 Å². The van der Waals surface area contributed by atoms with Crippen LogP contribution in [0.25, 0.3) is 0 Å². The highest BCUT2D eigenvalue weighted by Crippen LogP contribution is 2.14. The van der Waals surface area contributed by atoms with Gasteiger partial charge in [-0.1, -0.05) is 13.3 Å². The van der Waals surface area contributed by atoms with E-state index in [9.17, 15) is 9.59 Å². The van der Waals surface area contributed by atoms with Crippen molar-refractivity contribution in [1.29, 1.82) is 0 Å². The van der Waals surface area contributed by atoms with Crippen molar-refractivity contribution >= 4 is 11.8 Å². The van der Waals surface area contributed by atoms with E-state index in [0.29, 0.717) is 12.2 Å². The number of nitrogens with zero attached hydrogens (tertiary/aromatic N) is 1. The van der Waals surface area contributed by atoms with Crippen LogP contribution in [0.1, 0.15) is 44.0 Å². The molecule has 1 aromatic carbocycles. The molecule has 5 heteroatoms. The SMILES string of the molecule is CCCCOc1ccc(C(=O)N(C)CC(=O)NC(C)C)cc1. The third-order valence-electron chi connectivity index (χ3n) is 3.05. The number of likely N-dealkylation sites (N-methyl/N-ethyl adjacent to an activating group) is 1. The highest BCUT2D eigenvalue weighted by atomic mass is 16.5. The molecule has 0 radical (unpaired) electrons. The molecule has 0 heterocycles. The summed E-state index contributed by atoms with van der Waals surface area (Å²) in [5, 5.41) is 2.76. The Kier molecular flexibility index (Phi) is 7.43. The van der Waals surface area contributed by atoms with Crippen molar-refractivity contribution in [1.82, 2.24) is 10.2 Å². The van der Waals surface area contributed by atoms with Crippen molar-refractivity contribution in [2.24, 2.45) is 0 Å². The predicted octanol–water partition coefficient (Wildman–Crippen LogP) is 2.46. The van der Waals surface area contributed by atoms with E-state index >= 15 is 0 Å². The molecular formula is C17H26N2O3. The monoisotopic (exact) mass is 306 g/mol. The number of hydrogen-bond donors (Lipinski definition) is 1. The van der Waals surface area contributed by atoms with Crippen LogP contribution >= 0.6 is 0 Å². The minimum Gasteiger partial charge on any atom is -0.494 e. The summed E-state index contributed by atoms with van der Waals surface area (Å²) in [6.45, 7) is 6.61. The molecular weight excluding hydrogens is 280 g/mol. The van der Waals surface area contributed by atoms with Gasteiger partial charge < -0.3 is 15.0 Å². The molecule has 22 heavy (non-hydrogen) atoms. The molecule has 1 N–H and O–H groups in total. The smallest absolute Gasteiger partial charge is 0.254 e. The summed E-state index contributed by atoms with van der Waals surface area (Å²) in [4.78, 5) is 25.3. The predicted molar refractivity (Wildman–Crippen MR) is 87.1 cm³/mol. The number of ether oxygens (including phenoxy) is 1. The van der Waals surface area contributed by atoms with E-state index in [0.717, 1.165) is 18.6 Å². The lowest BCUT2D eigenvalue weighted by Crippen LogP contribution is -2.40. The fraction of sp³-hybridized carbons (Fsp3) is 0.529. The summed E-state index contributed by atoms with van der Waals surface area (Å²) in [5.74, 6) is 0.412. The van der Waals surface area contributed by atoms with Crippen LogP contribution < -0.4 is 10.1 Å². The van der Waals surface area contributed by atoms with Crippen LogP contribution in [0.3, 0.4) is 0 Å². The van der Waals surface area contributed by atoms with E-state index in [2.05, 4.69) is 12.2 Å². The van der Waals surface area contributed by atoms with Gasteiger partial charge in [-0.15, -0.1) is 0 Å². The average Bonchev–Trinajstić information content (AvgIpc) is 2.46. The average molecular weight is 306 g/mol. The first-order valence-electron chi connectivity index (χ1n) is 7.71. The van der Waals surface area contributed by atoms with Gasteiger partial charge >= 0.3 is 0 Å². The molecule has 0 aliphatic rings. The summed E-state index contributed by atoms with van der Waals surface area (Å²) in [6.07, 6.45) is 2.09. The molecule has 5 nitrogen and oxygen atoms in total. The molecule has 2 amide bonds. The van der Waals surface area contributed by atoms with E-state index in [4.69, 9.17) is 4.74 Å². The van der Waals surface area contributed by atoms with Crippen molar-refractivity contribution in [3.8, 4) is 5.75 Å². The van der Waals surface area contributed by atoms with Crippen molar-refractivity contribution in [3.63, 3.8) is 0 Å². The van der Waals surface area contributed by atoms with E-state index in [1.807, 2.05) is 13.8 Å². The maximum atomic E-state index is 12.2. The van der Waals surface area contributed by atoms with Crippen molar-refractivity contribution < 1.29 is 14.3 Å². The molecule has 0 saturated carbocycles. The van der Waals surface area contributed by atoms with Crippen LogP contribution in [0.2, 0.25) is 0 Å². The van der Waals surface area contributed by atoms with Gasteiger partial charge in [-0.05, 0) is 44.5 Å². The molecule has 0 spiro atoms. The minimum atomic E-state index is -0.181. The van der Waals surface area contributed by atoms with E-state index in [-0.39, 0.29) is 24.4 Å². The summed E-state index contributed by atoms with van der Waals surface area (Å²) >= 11 is 0. The highest BCUT2D eigenvalue weighted by Gasteiger charge is 2.15. The molecule has 0 aliphatic carbocycles. The number of rotatable bonds is 8. The second-order valence-electron chi connectivity index (χ2n) is 5.61. The highest BCUT2D eigenvalue weighted by molar-refractivity contribution is 5.96. The third kappa shape index (κ3) is 6.16. The lowest BCUT2D eigenvalue weighted by Gasteiger charge is -2.18. The zero-order valence-corrected chi connectivity index (χ0v) is 13.9. The summed E-state index contributed by atoms with van der Waals surface area (Å²) < 4.78 is 5.56. The van der Waals surface area contributed by atoms with Gasteiger partial charge in [0.15, 0.2) is 0 Å². The topological polar surface area (TPSA) is 58.6 Å².